The summed E-state index contributed by atoms with van der Waals surface area (Å²) in [5, 5.41) is 3.64. The van der Waals surface area contributed by atoms with Crippen molar-refractivity contribution in [2.45, 2.75) is 46.1 Å². The third kappa shape index (κ3) is 3.94. The third-order valence-corrected chi connectivity index (χ3v) is 5.34. The van der Waals surface area contributed by atoms with Gasteiger partial charge in [0.1, 0.15) is 5.82 Å². The summed E-state index contributed by atoms with van der Waals surface area (Å²) in [6, 6.07) is 5.57. The monoisotopic (exact) mass is 389 g/mol. The Kier molecular flexibility index (Phi) is 5.84. The number of hydrogen-bond donors (Lipinski definition) is 1. The predicted molar refractivity (Wildman–Crippen MR) is 91.2 cm³/mol. The fraction of sp³-hybridized carbons (Fsp3) is 0.647. The van der Waals surface area contributed by atoms with Crippen LogP contribution in [0.5, 0.6) is 0 Å². The molecule has 0 spiro atoms. The largest absolute Gasteiger partial charge is 0.310 e. The second-order valence-corrected chi connectivity index (χ2v) is 7.54. The quantitative estimate of drug-likeness (QED) is 0.702. The molecule has 0 saturated heterocycles. The van der Waals surface area contributed by atoms with Gasteiger partial charge in [-0.25, -0.2) is 4.39 Å². The van der Waals surface area contributed by atoms with Gasteiger partial charge in [-0.15, -0.1) is 0 Å². The Labute approximate surface area is 135 Å². The molecule has 2 rings (SSSR count). The van der Waals surface area contributed by atoms with Crippen molar-refractivity contribution in [1.82, 2.24) is 5.32 Å². The molecule has 20 heavy (non-hydrogen) atoms. The maximum Gasteiger partial charge on any atom is 0.124 e. The molecule has 3 unspecified atom stereocenters. The summed E-state index contributed by atoms with van der Waals surface area (Å²) >= 11 is 2.27. The van der Waals surface area contributed by atoms with E-state index in [-0.39, 0.29) is 5.82 Å². The summed E-state index contributed by atoms with van der Waals surface area (Å²) in [6.45, 7) is 7.83. The molecule has 112 valence electrons. The molecule has 1 nitrogen and oxygen atoms in total. The number of halogens is 2. The van der Waals surface area contributed by atoms with Crippen LogP contribution in [0.4, 0.5) is 4.39 Å². The first-order valence-corrected chi connectivity index (χ1v) is 8.77. The standard InChI is InChI=1S/C17H25FIN/c1-4-20-17(13-8-11(2)7-12(3)9-13)15-6-5-14(18)10-16(15)19/h5-6,10-13,17,20H,4,7-9H2,1-3H3. The Morgan fingerprint density at radius 1 is 1.25 bits per heavy atom. The molecule has 1 N–H and O–H groups in total. The van der Waals surface area contributed by atoms with E-state index < -0.39 is 0 Å². The fourth-order valence-corrected chi connectivity index (χ4v) is 4.60. The van der Waals surface area contributed by atoms with Crippen molar-refractivity contribution in [2.75, 3.05) is 6.54 Å². The van der Waals surface area contributed by atoms with Crippen molar-refractivity contribution in [3.8, 4) is 0 Å². The van der Waals surface area contributed by atoms with Gasteiger partial charge in [-0.05, 0) is 83.8 Å². The van der Waals surface area contributed by atoms with Gasteiger partial charge in [0.05, 0.1) is 0 Å². The van der Waals surface area contributed by atoms with E-state index in [2.05, 4.69) is 48.7 Å². The van der Waals surface area contributed by atoms with Gasteiger partial charge in [0.25, 0.3) is 0 Å². The summed E-state index contributed by atoms with van der Waals surface area (Å²) in [6.07, 6.45) is 3.89. The minimum Gasteiger partial charge on any atom is -0.310 e. The van der Waals surface area contributed by atoms with E-state index in [1.807, 2.05) is 6.07 Å². The van der Waals surface area contributed by atoms with Gasteiger partial charge in [-0.3, -0.25) is 0 Å². The summed E-state index contributed by atoms with van der Waals surface area (Å²) in [7, 11) is 0. The number of nitrogens with one attached hydrogen (secondary N) is 1. The zero-order valence-corrected chi connectivity index (χ0v) is 14.8. The Balaban J connectivity index is 2.25. The molecule has 0 radical (unpaired) electrons. The van der Waals surface area contributed by atoms with E-state index in [9.17, 15) is 4.39 Å². The second kappa shape index (κ2) is 7.21. The van der Waals surface area contributed by atoms with Gasteiger partial charge >= 0.3 is 0 Å². The molecule has 1 aliphatic rings. The first-order valence-electron chi connectivity index (χ1n) is 7.69. The highest BCUT2D eigenvalue weighted by atomic mass is 127. The Morgan fingerprint density at radius 3 is 2.45 bits per heavy atom. The summed E-state index contributed by atoms with van der Waals surface area (Å²) < 4.78 is 14.4. The molecule has 1 saturated carbocycles. The average Bonchev–Trinajstić information content (AvgIpc) is 2.35. The van der Waals surface area contributed by atoms with E-state index in [1.165, 1.54) is 24.8 Å². The van der Waals surface area contributed by atoms with Crippen LogP contribution in [0.2, 0.25) is 0 Å². The lowest BCUT2D eigenvalue weighted by Gasteiger charge is -2.37. The number of hydrogen-bond acceptors (Lipinski definition) is 1. The lowest BCUT2D eigenvalue weighted by Crippen LogP contribution is -2.33. The van der Waals surface area contributed by atoms with Crippen LogP contribution in [-0.2, 0) is 0 Å². The Bertz CT molecular complexity index is 439. The minimum atomic E-state index is -0.140. The van der Waals surface area contributed by atoms with E-state index in [0.29, 0.717) is 12.0 Å². The van der Waals surface area contributed by atoms with Gasteiger partial charge < -0.3 is 5.32 Å². The van der Waals surface area contributed by atoms with Crippen LogP contribution in [0, 0.1) is 27.1 Å². The van der Waals surface area contributed by atoms with Crippen molar-refractivity contribution in [2.24, 2.45) is 17.8 Å². The van der Waals surface area contributed by atoms with Crippen molar-refractivity contribution in [1.29, 1.82) is 0 Å². The number of benzene rings is 1. The van der Waals surface area contributed by atoms with Crippen molar-refractivity contribution >= 4 is 22.6 Å². The van der Waals surface area contributed by atoms with Gasteiger partial charge in [-0.1, -0.05) is 26.8 Å². The molecule has 1 fully saturated rings. The molecule has 1 aliphatic carbocycles. The smallest absolute Gasteiger partial charge is 0.124 e. The molecule has 1 aromatic carbocycles. The first kappa shape index (κ1) is 16.2. The molecule has 1 aromatic rings. The maximum absolute atomic E-state index is 13.3. The van der Waals surface area contributed by atoms with Crippen LogP contribution < -0.4 is 5.32 Å². The van der Waals surface area contributed by atoms with Crippen LogP contribution in [0.15, 0.2) is 18.2 Å². The minimum absolute atomic E-state index is 0.140. The van der Waals surface area contributed by atoms with Crippen molar-refractivity contribution < 1.29 is 4.39 Å². The van der Waals surface area contributed by atoms with E-state index >= 15 is 0 Å². The number of rotatable bonds is 4. The zero-order valence-electron chi connectivity index (χ0n) is 12.6. The van der Waals surface area contributed by atoms with E-state index in [1.54, 1.807) is 12.1 Å². The van der Waals surface area contributed by atoms with E-state index in [4.69, 9.17) is 0 Å². The highest BCUT2D eigenvalue weighted by molar-refractivity contribution is 14.1. The van der Waals surface area contributed by atoms with Gasteiger partial charge in [0, 0.05) is 9.61 Å². The summed E-state index contributed by atoms with van der Waals surface area (Å²) in [4.78, 5) is 0. The molecule has 0 bridgehead atoms. The highest BCUT2D eigenvalue weighted by Crippen LogP contribution is 2.40. The van der Waals surface area contributed by atoms with Crippen LogP contribution in [0.1, 0.15) is 51.6 Å². The van der Waals surface area contributed by atoms with E-state index in [0.717, 1.165) is 22.0 Å². The normalized spacial score (nSPS) is 28.4. The summed E-state index contributed by atoms with van der Waals surface area (Å²) in [5.74, 6) is 2.11. The predicted octanol–water partition coefficient (Wildman–Crippen LogP) is 5.15. The van der Waals surface area contributed by atoms with Crippen LogP contribution in [-0.4, -0.2) is 6.54 Å². The molecule has 0 heterocycles. The van der Waals surface area contributed by atoms with Crippen LogP contribution in [0.25, 0.3) is 0 Å². The lowest BCUT2D eigenvalue weighted by molar-refractivity contribution is 0.177. The molecular formula is C17H25FIN. The molecule has 0 amide bonds. The zero-order chi connectivity index (χ0) is 14.7. The highest BCUT2D eigenvalue weighted by Gasteiger charge is 2.31. The van der Waals surface area contributed by atoms with Gasteiger partial charge in [-0.2, -0.15) is 0 Å². The van der Waals surface area contributed by atoms with Crippen molar-refractivity contribution in [3.63, 3.8) is 0 Å². The SMILES string of the molecule is CCNC(c1ccc(F)cc1I)C1CC(C)CC(C)C1. The molecular weight excluding hydrogens is 364 g/mol. The Morgan fingerprint density at radius 2 is 1.90 bits per heavy atom. The molecule has 0 aromatic heterocycles. The molecule has 3 atom stereocenters. The van der Waals surface area contributed by atoms with Crippen LogP contribution in [0.3, 0.4) is 0 Å². The average molecular weight is 389 g/mol. The maximum atomic E-state index is 13.3. The van der Waals surface area contributed by atoms with Crippen LogP contribution >= 0.6 is 22.6 Å². The third-order valence-electron chi connectivity index (χ3n) is 4.41. The summed E-state index contributed by atoms with van der Waals surface area (Å²) in [5.41, 5.74) is 1.26. The lowest BCUT2D eigenvalue weighted by atomic mass is 9.72. The molecule has 0 aliphatic heterocycles. The Hall–Kier alpha value is -0.160. The molecule has 3 heteroatoms. The van der Waals surface area contributed by atoms with Crippen molar-refractivity contribution in [3.05, 3.63) is 33.1 Å². The first-order chi connectivity index (χ1) is 9.51. The topological polar surface area (TPSA) is 12.0 Å². The second-order valence-electron chi connectivity index (χ2n) is 6.38. The fourth-order valence-electron chi connectivity index (χ4n) is 3.79. The van der Waals surface area contributed by atoms with Gasteiger partial charge in [0.15, 0.2) is 0 Å². The van der Waals surface area contributed by atoms with Gasteiger partial charge in [0.2, 0.25) is 0 Å².